The van der Waals surface area contributed by atoms with Gasteiger partial charge in [-0.1, -0.05) is 142 Å². The van der Waals surface area contributed by atoms with Gasteiger partial charge in [0.05, 0.1) is 25.4 Å². The molecule has 0 aromatic rings. The summed E-state index contributed by atoms with van der Waals surface area (Å²) in [6.07, 6.45) is 31.5. The molecule has 1 saturated heterocycles. The van der Waals surface area contributed by atoms with Gasteiger partial charge < -0.3 is 29.9 Å². The second kappa shape index (κ2) is 32.4. The molecule has 12 nitrogen and oxygen atoms in total. The SMILES string of the molecule is CCCCC/C=C\CC1OC1CCCCCCCC(=O)O[C@H](COC(=O)CCCCCCCCCCCCCCC)COP(=O)(O)OC[C@H](N)C(=O)O. The van der Waals surface area contributed by atoms with Crippen LogP contribution >= 0.6 is 7.82 Å². The summed E-state index contributed by atoms with van der Waals surface area (Å²) in [5.41, 5.74) is 5.33. The van der Waals surface area contributed by atoms with Gasteiger partial charge in [0.25, 0.3) is 0 Å². The van der Waals surface area contributed by atoms with Crippen LogP contribution in [0.25, 0.3) is 0 Å². The fourth-order valence-corrected chi connectivity index (χ4v) is 6.79. The van der Waals surface area contributed by atoms with Gasteiger partial charge in [-0.3, -0.25) is 23.4 Å². The van der Waals surface area contributed by atoms with Gasteiger partial charge in [0.1, 0.15) is 12.6 Å². The number of carboxylic acid groups (broad SMARTS) is 1. The molecule has 0 aromatic heterocycles. The zero-order valence-corrected chi connectivity index (χ0v) is 34.0. The number of phosphoric acid groups is 1. The molecular formula is C40H74NO11P. The number of esters is 2. The second-order valence-corrected chi connectivity index (χ2v) is 16.0. The number of hydrogen-bond donors (Lipinski definition) is 3. The lowest BCUT2D eigenvalue weighted by Crippen LogP contribution is -2.34. The monoisotopic (exact) mass is 775 g/mol. The van der Waals surface area contributed by atoms with Gasteiger partial charge in [-0.2, -0.15) is 0 Å². The summed E-state index contributed by atoms with van der Waals surface area (Å²) in [4.78, 5) is 45.9. The van der Waals surface area contributed by atoms with Gasteiger partial charge in [-0.25, -0.2) is 4.57 Å². The third-order valence-corrected chi connectivity index (χ3v) is 10.4. The highest BCUT2D eigenvalue weighted by molar-refractivity contribution is 7.47. The molecule has 1 aliphatic rings. The Hall–Kier alpha value is -1.82. The predicted molar refractivity (Wildman–Crippen MR) is 207 cm³/mol. The fraction of sp³-hybridized carbons (Fsp3) is 0.875. The van der Waals surface area contributed by atoms with E-state index in [1.54, 1.807) is 0 Å². The standard InChI is InChI=1S/C40H74NO11P/c1-3-5-7-9-11-12-13-14-15-16-17-21-25-29-38(42)48-31-34(32-49-53(46,47)50-33-35(41)40(44)45)51-39(43)30-26-22-18-20-24-28-37-36(52-37)27-23-19-10-8-6-4-2/h19,23,34-37H,3-18,20-22,24-33,41H2,1-2H3,(H,44,45)(H,46,47)/b23-19-/t34-,35+,36?,37?/m1/s1. The number of carboxylic acids is 1. The third kappa shape index (κ3) is 30.1. The van der Waals surface area contributed by atoms with Crippen molar-refractivity contribution in [2.45, 2.75) is 205 Å². The lowest BCUT2D eigenvalue weighted by Gasteiger charge is -2.20. The van der Waals surface area contributed by atoms with E-state index in [9.17, 15) is 23.8 Å². The van der Waals surface area contributed by atoms with Crippen LogP contribution in [0.15, 0.2) is 12.2 Å². The molecule has 1 heterocycles. The largest absolute Gasteiger partial charge is 0.480 e. The van der Waals surface area contributed by atoms with Crippen LogP contribution in [0.5, 0.6) is 0 Å². The molecule has 13 heteroatoms. The Kier molecular flexibility index (Phi) is 30.1. The maximum absolute atomic E-state index is 12.6. The molecule has 0 radical (unpaired) electrons. The van der Waals surface area contributed by atoms with Crippen LogP contribution in [-0.4, -0.2) is 72.1 Å². The van der Waals surface area contributed by atoms with Crippen molar-refractivity contribution in [1.29, 1.82) is 0 Å². The van der Waals surface area contributed by atoms with Crippen molar-refractivity contribution in [2.75, 3.05) is 19.8 Å². The van der Waals surface area contributed by atoms with E-state index in [2.05, 4.69) is 30.5 Å². The fourth-order valence-electron chi connectivity index (χ4n) is 6.01. The van der Waals surface area contributed by atoms with Crippen LogP contribution in [0.3, 0.4) is 0 Å². The highest BCUT2D eigenvalue weighted by atomic mass is 31.2. The molecule has 0 amide bonds. The van der Waals surface area contributed by atoms with Crippen LogP contribution in [-0.2, 0) is 42.2 Å². The van der Waals surface area contributed by atoms with Crippen molar-refractivity contribution in [3.8, 4) is 0 Å². The first-order valence-electron chi connectivity index (χ1n) is 20.8. The quantitative estimate of drug-likeness (QED) is 0.0178. The zero-order chi connectivity index (χ0) is 39.0. The van der Waals surface area contributed by atoms with Crippen LogP contribution < -0.4 is 5.73 Å². The van der Waals surface area contributed by atoms with E-state index in [4.69, 9.17) is 29.6 Å². The van der Waals surface area contributed by atoms with Crippen molar-refractivity contribution >= 4 is 25.7 Å². The van der Waals surface area contributed by atoms with Gasteiger partial charge in [0.2, 0.25) is 0 Å². The molecular weight excluding hydrogens is 701 g/mol. The molecule has 5 atom stereocenters. The molecule has 0 aliphatic carbocycles. The number of unbranched alkanes of at least 4 members (excludes halogenated alkanes) is 19. The summed E-state index contributed by atoms with van der Waals surface area (Å²) in [7, 11) is -4.72. The van der Waals surface area contributed by atoms with Crippen LogP contribution in [0.2, 0.25) is 0 Å². The normalized spacial score (nSPS) is 17.7. The first-order chi connectivity index (χ1) is 25.6. The first-order valence-corrected chi connectivity index (χ1v) is 22.3. The topological polar surface area (TPSA) is 184 Å². The average molecular weight is 776 g/mol. The number of carbonyl (C=O) groups excluding carboxylic acids is 2. The van der Waals surface area contributed by atoms with E-state index in [1.807, 2.05) is 0 Å². The minimum atomic E-state index is -4.72. The second-order valence-electron chi connectivity index (χ2n) is 14.5. The maximum Gasteiger partial charge on any atom is 0.472 e. The van der Waals surface area contributed by atoms with Gasteiger partial charge in [0.15, 0.2) is 6.10 Å². The molecule has 1 aliphatic heterocycles. The van der Waals surface area contributed by atoms with Gasteiger partial charge in [0, 0.05) is 12.8 Å². The summed E-state index contributed by atoms with van der Waals surface area (Å²) in [6, 6.07) is -1.52. The summed E-state index contributed by atoms with van der Waals surface area (Å²) < 4.78 is 38.4. The molecule has 0 aromatic carbocycles. The highest BCUT2D eigenvalue weighted by Crippen LogP contribution is 2.43. The molecule has 4 N–H and O–H groups in total. The molecule has 53 heavy (non-hydrogen) atoms. The minimum Gasteiger partial charge on any atom is -0.480 e. The maximum atomic E-state index is 12.6. The number of rotatable bonds is 38. The Labute approximate surface area is 320 Å². The van der Waals surface area contributed by atoms with Crippen molar-refractivity contribution in [3.05, 3.63) is 12.2 Å². The predicted octanol–water partition coefficient (Wildman–Crippen LogP) is 9.49. The molecule has 0 bridgehead atoms. The van der Waals surface area contributed by atoms with E-state index in [-0.39, 0.29) is 19.4 Å². The zero-order valence-electron chi connectivity index (χ0n) is 33.1. The number of phosphoric ester groups is 1. The number of aliphatic carboxylic acids is 1. The average Bonchev–Trinajstić information content (AvgIpc) is 3.89. The Morgan fingerprint density at radius 1 is 0.679 bits per heavy atom. The number of nitrogens with two attached hydrogens (primary N) is 1. The van der Waals surface area contributed by atoms with Crippen molar-refractivity contribution < 1.29 is 52.2 Å². The third-order valence-electron chi connectivity index (χ3n) is 9.44. The molecule has 0 saturated carbocycles. The first kappa shape index (κ1) is 49.2. The van der Waals surface area contributed by atoms with E-state index in [0.717, 1.165) is 64.2 Å². The molecule has 3 unspecified atom stereocenters. The Balaban J connectivity index is 2.30. The van der Waals surface area contributed by atoms with Crippen LogP contribution in [0.1, 0.15) is 181 Å². The molecule has 1 rings (SSSR count). The minimum absolute atomic E-state index is 0.141. The summed E-state index contributed by atoms with van der Waals surface area (Å²) in [5.74, 6) is -2.40. The number of epoxide rings is 1. The van der Waals surface area contributed by atoms with Crippen molar-refractivity contribution in [2.24, 2.45) is 5.73 Å². The summed E-state index contributed by atoms with van der Waals surface area (Å²) >= 11 is 0. The van der Waals surface area contributed by atoms with Crippen LogP contribution in [0, 0.1) is 0 Å². The Bertz CT molecular complexity index is 1030. The number of ether oxygens (including phenoxy) is 3. The Morgan fingerprint density at radius 2 is 1.19 bits per heavy atom. The van der Waals surface area contributed by atoms with Crippen molar-refractivity contribution in [3.63, 3.8) is 0 Å². The Morgan fingerprint density at radius 3 is 1.77 bits per heavy atom. The molecule has 0 spiro atoms. The van der Waals surface area contributed by atoms with Gasteiger partial charge >= 0.3 is 25.7 Å². The number of carbonyl (C=O) groups is 3. The summed E-state index contributed by atoms with van der Waals surface area (Å²) in [5, 5.41) is 8.88. The van der Waals surface area contributed by atoms with E-state index >= 15 is 0 Å². The molecule has 1 fully saturated rings. The van der Waals surface area contributed by atoms with E-state index in [1.165, 1.54) is 77.0 Å². The van der Waals surface area contributed by atoms with Gasteiger partial charge in [-0.15, -0.1) is 0 Å². The van der Waals surface area contributed by atoms with Crippen LogP contribution in [0.4, 0.5) is 0 Å². The van der Waals surface area contributed by atoms with E-state index < -0.39 is 51.1 Å². The number of hydrogen-bond acceptors (Lipinski definition) is 10. The lowest BCUT2D eigenvalue weighted by molar-refractivity contribution is -0.161. The highest BCUT2D eigenvalue weighted by Gasteiger charge is 2.36. The smallest absolute Gasteiger partial charge is 0.472 e. The summed E-state index contributed by atoms with van der Waals surface area (Å²) in [6.45, 7) is 2.75. The van der Waals surface area contributed by atoms with E-state index in [0.29, 0.717) is 25.0 Å². The molecule has 310 valence electrons. The van der Waals surface area contributed by atoms with Gasteiger partial charge in [-0.05, 0) is 38.5 Å². The van der Waals surface area contributed by atoms with Crippen molar-refractivity contribution in [1.82, 2.24) is 0 Å². The number of allylic oxidation sites excluding steroid dienone is 1. The lowest BCUT2D eigenvalue weighted by atomic mass is 10.0.